The Morgan fingerprint density at radius 2 is 2.06 bits per heavy atom. The first-order chi connectivity index (χ1) is 7.29. The van der Waals surface area contributed by atoms with Crippen LogP contribution in [0.5, 0.6) is 0 Å². The Kier molecular flexibility index (Phi) is 3.94. The summed E-state index contributed by atoms with van der Waals surface area (Å²) in [5, 5.41) is 12.6. The van der Waals surface area contributed by atoms with Crippen molar-refractivity contribution >= 4 is 34.0 Å². The first-order valence-electron chi connectivity index (χ1n) is 4.04. The van der Waals surface area contributed by atoms with E-state index in [-0.39, 0.29) is 11.4 Å². The number of rotatable bonds is 3. The third-order valence-corrected chi connectivity index (χ3v) is 2.31. The summed E-state index contributed by atoms with van der Waals surface area (Å²) in [5.74, 6) is 0. The third-order valence-electron chi connectivity index (χ3n) is 1.64. The van der Waals surface area contributed by atoms with E-state index >= 15 is 0 Å². The quantitative estimate of drug-likeness (QED) is 0.520. The van der Waals surface area contributed by atoms with Gasteiger partial charge in [0.05, 0.1) is 4.92 Å². The van der Waals surface area contributed by atoms with E-state index in [9.17, 15) is 23.3 Å². The Morgan fingerprint density at radius 3 is 2.56 bits per heavy atom. The van der Waals surface area contributed by atoms with Gasteiger partial charge in [-0.15, -0.1) is 0 Å². The van der Waals surface area contributed by atoms with Crippen LogP contribution >= 0.6 is 22.6 Å². The number of alkyl halides is 3. The van der Waals surface area contributed by atoms with E-state index in [0.717, 1.165) is 0 Å². The van der Waals surface area contributed by atoms with Gasteiger partial charge >= 0.3 is 6.18 Å². The SMILES string of the molecule is O=[N+]([O-])c1cc(I)ccc1NCC(F)(F)F. The number of halogens is 4. The molecule has 0 radical (unpaired) electrons. The van der Waals surface area contributed by atoms with Gasteiger partial charge in [-0.2, -0.15) is 13.2 Å². The third kappa shape index (κ3) is 3.83. The highest BCUT2D eigenvalue weighted by atomic mass is 127. The second-order valence-corrected chi connectivity index (χ2v) is 4.13. The van der Waals surface area contributed by atoms with Crippen molar-refractivity contribution in [2.45, 2.75) is 6.18 Å². The molecule has 1 aromatic carbocycles. The minimum atomic E-state index is -4.41. The van der Waals surface area contributed by atoms with Crippen LogP contribution < -0.4 is 5.32 Å². The molecule has 0 aliphatic heterocycles. The maximum absolute atomic E-state index is 11.9. The molecule has 0 saturated heterocycles. The Labute approximate surface area is 102 Å². The van der Waals surface area contributed by atoms with Crippen molar-refractivity contribution in [1.29, 1.82) is 0 Å². The van der Waals surface area contributed by atoms with E-state index in [1.807, 2.05) is 27.9 Å². The van der Waals surface area contributed by atoms with Crippen molar-refractivity contribution in [2.24, 2.45) is 0 Å². The minimum absolute atomic E-state index is 0.136. The second-order valence-electron chi connectivity index (χ2n) is 2.89. The molecule has 4 nitrogen and oxygen atoms in total. The van der Waals surface area contributed by atoms with Crippen LogP contribution in [0.3, 0.4) is 0 Å². The Bertz CT molecular complexity index is 409. The first kappa shape index (κ1) is 13.0. The largest absolute Gasteiger partial charge is 0.405 e. The summed E-state index contributed by atoms with van der Waals surface area (Å²) in [4.78, 5) is 9.86. The van der Waals surface area contributed by atoms with Gasteiger partial charge in [-0.05, 0) is 34.7 Å². The predicted octanol–water partition coefficient (Wildman–Crippen LogP) is 3.17. The molecule has 0 saturated carbocycles. The molecule has 1 rings (SSSR count). The molecule has 0 spiro atoms. The van der Waals surface area contributed by atoms with Crippen LogP contribution in [0.4, 0.5) is 24.5 Å². The summed E-state index contributed by atoms with van der Waals surface area (Å²) >= 11 is 1.85. The Balaban J connectivity index is 2.91. The van der Waals surface area contributed by atoms with Crippen LogP contribution in [0.2, 0.25) is 0 Å². The molecule has 1 aromatic rings. The highest BCUT2D eigenvalue weighted by Gasteiger charge is 2.28. The molecule has 0 atom stereocenters. The number of benzene rings is 1. The molecule has 16 heavy (non-hydrogen) atoms. The maximum Gasteiger partial charge on any atom is 0.405 e. The van der Waals surface area contributed by atoms with Crippen molar-refractivity contribution in [3.05, 3.63) is 31.9 Å². The topological polar surface area (TPSA) is 55.2 Å². The predicted molar refractivity (Wildman–Crippen MR) is 60.4 cm³/mol. The zero-order valence-corrected chi connectivity index (χ0v) is 9.87. The fraction of sp³-hybridized carbons (Fsp3) is 0.250. The van der Waals surface area contributed by atoms with Crippen LogP contribution in [0.25, 0.3) is 0 Å². The van der Waals surface area contributed by atoms with Crippen LogP contribution in [-0.4, -0.2) is 17.6 Å². The number of nitro benzene ring substituents is 1. The summed E-state index contributed by atoms with van der Waals surface area (Å²) in [7, 11) is 0. The molecule has 0 fully saturated rings. The number of anilines is 1. The standard InChI is InChI=1S/C8H6F3IN2O2/c9-8(10,11)4-13-6-2-1-5(12)3-7(6)14(15)16/h1-3,13H,4H2. The molecule has 0 bridgehead atoms. The van der Waals surface area contributed by atoms with Crippen molar-refractivity contribution in [3.63, 3.8) is 0 Å². The van der Waals surface area contributed by atoms with E-state index in [1.165, 1.54) is 18.2 Å². The van der Waals surface area contributed by atoms with E-state index in [0.29, 0.717) is 3.57 Å². The molecule has 0 heterocycles. The van der Waals surface area contributed by atoms with Gasteiger partial charge < -0.3 is 5.32 Å². The monoisotopic (exact) mass is 346 g/mol. The van der Waals surface area contributed by atoms with E-state index in [1.54, 1.807) is 0 Å². The van der Waals surface area contributed by atoms with Gasteiger partial charge in [0, 0.05) is 9.64 Å². The molecule has 0 aliphatic carbocycles. The molecule has 1 N–H and O–H groups in total. The van der Waals surface area contributed by atoms with Gasteiger partial charge in [0.25, 0.3) is 5.69 Å². The van der Waals surface area contributed by atoms with Crippen molar-refractivity contribution in [2.75, 3.05) is 11.9 Å². The lowest BCUT2D eigenvalue weighted by Crippen LogP contribution is -2.21. The molecule has 0 unspecified atom stereocenters. The number of hydrogen-bond donors (Lipinski definition) is 1. The summed E-state index contributed by atoms with van der Waals surface area (Å²) in [5.41, 5.74) is -0.501. The average Bonchev–Trinajstić information content (AvgIpc) is 2.14. The molecular formula is C8H6F3IN2O2. The molecule has 0 aliphatic rings. The summed E-state index contributed by atoms with van der Waals surface area (Å²) < 4.78 is 36.3. The van der Waals surface area contributed by atoms with Gasteiger partial charge in [-0.3, -0.25) is 10.1 Å². The van der Waals surface area contributed by atoms with Gasteiger partial charge in [-0.1, -0.05) is 0 Å². The maximum atomic E-state index is 11.9. The zero-order chi connectivity index (χ0) is 12.3. The lowest BCUT2D eigenvalue weighted by molar-refractivity contribution is -0.384. The summed E-state index contributed by atoms with van der Waals surface area (Å²) in [6.07, 6.45) is -4.41. The van der Waals surface area contributed by atoms with Crippen LogP contribution in [-0.2, 0) is 0 Å². The van der Waals surface area contributed by atoms with Crippen LogP contribution in [0, 0.1) is 13.7 Å². The number of nitrogens with zero attached hydrogens (tertiary/aromatic N) is 1. The highest BCUT2D eigenvalue weighted by Crippen LogP contribution is 2.27. The Hall–Kier alpha value is -1.06. The van der Waals surface area contributed by atoms with E-state index < -0.39 is 17.6 Å². The molecular weight excluding hydrogens is 340 g/mol. The first-order valence-corrected chi connectivity index (χ1v) is 5.12. The molecule has 8 heteroatoms. The highest BCUT2D eigenvalue weighted by molar-refractivity contribution is 14.1. The summed E-state index contributed by atoms with van der Waals surface area (Å²) in [6, 6.07) is 3.96. The second kappa shape index (κ2) is 4.85. The van der Waals surface area contributed by atoms with Crippen molar-refractivity contribution in [3.8, 4) is 0 Å². The van der Waals surface area contributed by atoms with Crippen LogP contribution in [0.15, 0.2) is 18.2 Å². The van der Waals surface area contributed by atoms with E-state index in [4.69, 9.17) is 0 Å². The lowest BCUT2D eigenvalue weighted by atomic mass is 10.2. The molecule has 88 valence electrons. The van der Waals surface area contributed by atoms with Gasteiger partial charge in [-0.25, -0.2) is 0 Å². The van der Waals surface area contributed by atoms with Crippen molar-refractivity contribution < 1.29 is 18.1 Å². The normalized spacial score (nSPS) is 11.2. The fourth-order valence-electron chi connectivity index (χ4n) is 1.00. The number of nitro groups is 1. The summed E-state index contributed by atoms with van der Waals surface area (Å²) in [6.45, 7) is -1.30. The van der Waals surface area contributed by atoms with Crippen molar-refractivity contribution in [1.82, 2.24) is 0 Å². The number of hydrogen-bond acceptors (Lipinski definition) is 3. The zero-order valence-electron chi connectivity index (χ0n) is 7.71. The molecule has 0 amide bonds. The smallest absolute Gasteiger partial charge is 0.371 e. The minimum Gasteiger partial charge on any atom is -0.371 e. The average molecular weight is 346 g/mol. The van der Waals surface area contributed by atoms with Gasteiger partial charge in [0.2, 0.25) is 0 Å². The van der Waals surface area contributed by atoms with Crippen LogP contribution in [0.1, 0.15) is 0 Å². The fourth-order valence-corrected chi connectivity index (χ4v) is 1.48. The molecule has 0 aromatic heterocycles. The van der Waals surface area contributed by atoms with E-state index in [2.05, 4.69) is 0 Å². The Morgan fingerprint density at radius 1 is 1.44 bits per heavy atom. The van der Waals surface area contributed by atoms with Gasteiger partial charge in [0.15, 0.2) is 0 Å². The lowest BCUT2D eigenvalue weighted by Gasteiger charge is -2.09. The van der Waals surface area contributed by atoms with Gasteiger partial charge in [0.1, 0.15) is 12.2 Å². The number of nitrogens with one attached hydrogen (secondary N) is 1.